The number of hydrogen-bond donors (Lipinski definition) is 2. The molecule has 3 N–H and O–H groups in total. The molecule has 0 saturated heterocycles. The molecule has 2 amide bonds. The molecule has 31 heavy (non-hydrogen) atoms. The number of carbonyl (C=O) groups excluding carboxylic acids is 4. The van der Waals surface area contributed by atoms with Gasteiger partial charge in [0.2, 0.25) is 0 Å². The highest BCUT2D eigenvalue weighted by atomic mass is 79.9. The van der Waals surface area contributed by atoms with Crippen LogP contribution in [0.4, 0.5) is 5.82 Å². The zero-order chi connectivity index (χ0) is 22.2. The highest BCUT2D eigenvalue weighted by molar-refractivity contribution is 9.11. The molecule has 1 aromatic heterocycles. The summed E-state index contributed by atoms with van der Waals surface area (Å²) in [5.74, 6) is -2.66. The van der Waals surface area contributed by atoms with E-state index in [0.717, 1.165) is 10.6 Å². The summed E-state index contributed by atoms with van der Waals surface area (Å²) in [5, 5.41) is 2.09. The predicted molar refractivity (Wildman–Crippen MR) is 117 cm³/mol. The van der Waals surface area contributed by atoms with Gasteiger partial charge in [0.1, 0.15) is 5.82 Å². The fraction of sp³-hybridized carbons (Fsp3) is 0. The number of nitrogens with two attached hydrogens (primary N) is 1. The zero-order valence-electron chi connectivity index (χ0n) is 15.3. The van der Waals surface area contributed by atoms with Crippen LogP contribution in [-0.4, -0.2) is 27.9 Å². The maximum absolute atomic E-state index is 13.4. The number of benzene rings is 2. The maximum atomic E-state index is 13.4. The van der Waals surface area contributed by atoms with Gasteiger partial charge in [-0.1, -0.05) is 24.3 Å². The van der Waals surface area contributed by atoms with E-state index in [4.69, 9.17) is 5.73 Å². The third-order valence-corrected chi connectivity index (χ3v) is 6.48. The Morgan fingerprint density at radius 1 is 0.742 bits per heavy atom. The van der Waals surface area contributed by atoms with Crippen LogP contribution in [0.5, 0.6) is 0 Å². The number of nitrogens with one attached hydrogen (secondary N) is 1. The van der Waals surface area contributed by atoms with Gasteiger partial charge in [0.25, 0.3) is 17.4 Å². The second-order valence-corrected chi connectivity index (χ2v) is 8.63. The van der Waals surface area contributed by atoms with Crippen LogP contribution in [-0.2, 0) is 0 Å². The summed E-state index contributed by atoms with van der Waals surface area (Å²) in [6.07, 6.45) is 0. The number of fused-ring (bicyclic) bond motifs is 3. The minimum atomic E-state index is -0.749. The van der Waals surface area contributed by atoms with Gasteiger partial charge >= 0.3 is 0 Å². The lowest BCUT2D eigenvalue weighted by Crippen LogP contribution is -2.29. The SMILES string of the molecule is Nc1c2c(cc(=O)n1-c1c(Br)cc(Br)c3c1C(=O)c1ccccc1C3=O)C(=O)NC2=O. The van der Waals surface area contributed by atoms with Crippen LogP contribution in [0.2, 0.25) is 0 Å². The number of aromatic nitrogens is 1. The van der Waals surface area contributed by atoms with Gasteiger partial charge in [0.05, 0.1) is 27.9 Å². The van der Waals surface area contributed by atoms with Gasteiger partial charge in [-0.2, -0.15) is 0 Å². The summed E-state index contributed by atoms with van der Waals surface area (Å²) >= 11 is 6.68. The van der Waals surface area contributed by atoms with Gasteiger partial charge in [-0.15, -0.1) is 0 Å². The molecule has 152 valence electrons. The van der Waals surface area contributed by atoms with Crippen molar-refractivity contribution in [3.63, 3.8) is 0 Å². The summed E-state index contributed by atoms with van der Waals surface area (Å²) < 4.78 is 1.61. The van der Waals surface area contributed by atoms with Crippen LogP contribution in [0.3, 0.4) is 0 Å². The molecule has 0 spiro atoms. The average molecular weight is 543 g/mol. The number of pyridine rings is 1. The molecule has 0 unspecified atom stereocenters. The zero-order valence-corrected chi connectivity index (χ0v) is 18.5. The third kappa shape index (κ3) is 2.55. The van der Waals surface area contributed by atoms with Crippen LogP contribution in [0.15, 0.2) is 50.1 Å². The first-order chi connectivity index (χ1) is 14.7. The number of imide groups is 1. The number of nitrogen functional groups attached to an aromatic ring is 1. The Bertz CT molecular complexity index is 1490. The van der Waals surface area contributed by atoms with Crippen molar-refractivity contribution in [3.05, 3.63) is 89.1 Å². The molecule has 10 heteroatoms. The smallest absolute Gasteiger partial charge is 0.262 e. The quantitative estimate of drug-likeness (QED) is 0.356. The summed E-state index contributed by atoms with van der Waals surface area (Å²) in [6, 6.07) is 8.87. The standard InChI is InChI=1S/C21H9Br2N3O5/c22-10-6-11(23)16(15-14(10)17(28)7-3-1-2-4-8(7)18(15)29)26-12(27)5-9-13(19(26)24)21(31)25-20(9)30/h1-6H,24H2,(H,25,30,31). The molecule has 8 nitrogen and oxygen atoms in total. The van der Waals surface area contributed by atoms with Crippen LogP contribution in [0.1, 0.15) is 52.6 Å². The Morgan fingerprint density at radius 3 is 2.00 bits per heavy atom. The number of amides is 2. The van der Waals surface area contributed by atoms with E-state index >= 15 is 0 Å². The summed E-state index contributed by atoms with van der Waals surface area (Å²) in [7, 11) is 0. The Labute approximate surface area is 190 Å². The van der Waals surface area contributed by atoms with E-state index in [0.29, 0.717) is 4.47 Å². The minimum Gasteiger partial charge on any atom is -0.384 e. The molecular weight excluding hydrogens is 534 g/mol. The number of anilines is 1. The Morgan fingerprint density at radius 2 is 1.35 bits per heavy atom. The van der Waals surface area contributed by atoms with Crippen LogP contribution in [0.25, 0.3) is 5.69 Å². The fourth-order valence-corrected chi connectivity index (χ4v) is 5.45. The molecule has 0 radical (unpaired) electrons. The molecule has 0 bridgehead atoms. The highest BCUT2D eigenvalue weighted by Gasteiger charge is 2.37. The van der Waals surface area contributed by atoms with Crippen LogP contribution in [0, 0.1) is 0 Å². The topological polar surface area (TPSA) is 128 Å². The maximum Gasteiger partial charge on any atom is 0.262 e. The monoisotopic (exact) mass is 541 g/mol. The van der Waals surface area contributed by atoms with Crippen molar-refractivity contribution in [1.82, 2.24) is 9.88 Å². The van der Waals surface area contributed by atoms with Crippen molar-refractivity contribution in [3.8, 4) is 5.69 Å². The Hall–Kier alpha value is -3.37. The van der Waals surface area contributed by atoms with E-state index in [2.05, 4.69) is 37.2 Å². The molecule has 5 rings (SSSR count). The second-order valence-electron chi connectivity index (χ2n) is 6.92. The first-order valence-electron chi connectivity index (χ1n) is 8.84. The van der Waals surface area contributed by atoms with Gasteiger partial charge in [0, 0.05) is 26.1 Å². The van der Waals surface area contributed by atoms with Crippen LogP contribution >= 0.6 is 31.9 Å². The van der Waals surface area contributed by atoms with E-state index in [1.165, 1.54) is 12.1 Å². The Balaban J connectivity index is 1.92. The molecule has 3 aromatic rings. The van der Waals surface area contributed by atoms with Crippen LogP contribution < -0.4 is 16.6 Å². The van der Waals surface area contributed by atoms with E-state index in [9.17, 15) is 24.0 Å². The highest BCUT2D eigenvalue weighted by Crippen LogP contribution is 2.40. The summed E-state index contributed by atoms with van der Waals surface area (Å²) in [5.41, 5.74) is 5.61. The number of ketones is 2. The van der Waals surface area contributed by atoms with Crippen molar-refractivity contribution in [2.24, 2.45) is 0 Å². The third-order valence-electron chi connectivity index (χ3n) is 5.25. The lowest BCUT2D eigenvalue weighted by molar-refractivity contribution is 0.0878. The first kappa shape index (κ1) is 19.6. The first-order valence-corrected chi connectivity index (χ1v) is 10.4. The van der Waals surface area contributed by atoms with Crippen molar-refractivity contribution in [1.29, 1.82) is 0 Å². The predicted octanol–water partition coefficient (Wildman–Crippen LogP) is 2.60. The van der Waals surface area contributed by atoms with Crippen molar-refractivity contribution in [2.75, 3.05) is 5.73 Å². The second kappa shape index (κ2) is 6.56. The van der Waals surface area contributed by atoms with E-state index in [1.807, 2.05) is 0 Å². The lowest BCUT2D eigenvalue weighted by atomic mass is 9.83. The lowest BCUT2D eigenvalue weighted by Gasteiger charge is -2.24. The van der Waals surface area contributed by atoms with Gasteiger partial charge in [0.15, 0.2) is 11.6 Å². The largest absolute Gasteiger partial charge is 0.384 e. The van der Waals surface area contributed by atoms with Gasteiger partial charge in [-0.05, 0) is 37.9 Å². The number of hydrogen-bond acceptors (Lipinski definition) is 6. The molecular formula is C21H9Br2N3O5. The fourth-order valence-electron chi connectivity index (χ4n) is 3.93. The van der Waals surface area contributed by atoms with Gasteiger partial charge in [-0.3, -0.25) is 33.9 Å². The normalized spacial score (nSPS) is 14.3. The van der Waals surface area contributed by atoms with E-state index < -0.39 is 28.9 Å². The van der Waals surface area contributed by atoms with Crippen molar-refractivity contribution in [2.45, 2.75) is 0 Å². The van der Waals surface area contributed by atoms with Gasteiger partial charge in [-0.25, -0.2) is 0 Å². The Kier molecular flexibility index (Phi) is 4.15. The molecule has 0 atom stereocenters. The van der Waals surface area contributed by atoms with E-state index in [-0.39, 0.29) is 49.4 Å². The molecule has 2 aliphatic rings. The molecule has 2 heterocycles. The molecule has 2 aromatic carbocycles. The van der Waals surface area contributed by atoms with Gasteiger partial charge < -0.3 is 5.73 Å². The summed E-state index contributed by atoms with van der Waals surface area (Å²) in [4.78, 5) is 63.8. The molecule has 0 saturated carbocycles. The minimum absolute atomic E-state index is 0.0171. The number of halogens is 2. The average Bonchev–Trinajstić information content (AvgIpc) is 3.00. The molecule has 0 fully saturated rings. The van der Waals surface area contributed by atoms with E-state index in [1.54, 1.807) is 18.2 Å². The number of rotatable bonds is 1. The summed E-state index contributed by atoms with van der Waals surface area (Å²) in [6.45, 7) is 0. The molecule has 1 aliphatic carbocycles. The number of carbonyl (C=O) groups is 4. The van der Waals surface area contributed by atoms with Crippen molar-refractivity contribution >= 4 is 61.1 Å². The molecule has 1 aliphatic heterocycles. The number of nitrogens with zero attached hydrogens (tertiary/aromatic N) is 1. The van der Waals surface area contributed by atoms with Crippen molar-refractivity contribution < 1.29 is 19.2 Å².